The molecule has 1 aromatic heterocycles. The van der Waals surface area contributed by atoms with E-state index in [1.165, 1.54) is 43.6 Å². The first-order chi connectivity index (χ1) is 9.58. The largest absolute Gasteiger partial charge is 0.493 e. The summed E-state index contributed by atoms with van der Waals surface area (Å²) in [6.45, 7) is 0. The van der Waals surface area contributed by atoms with Crippen molar-refractivity contribution < 1.29 is 19.2 Å². The molecule has 2 aromatic rings. The molecule has 0 saturated carbocycles. The summed E-state index contributed by atoms with van der Waals surface area (Å²) in [5.41, 5.74) is -0.234. The van der Waals surface area contributed by atoms with E-state index in [2.05, 4.69) is 4.98 Å². The summed E-state index contributed by atoms with van der Waals surface area (Å²) in [6.07, 6.45) is 4.20. The van der Waals surface area contributed by atoms with Gasteiger partial charge in [-0.15, -0.1) is 0 Å². The number of nitrogens with zero attached hydrogens (tertiary/aromatic N) is 3. The average molecular weight is 277 g/mol. The Morgan fingerprint density at radius 1 is 1.35 bits per heavy atom. The summed E-state index contributed by atoms with van der Waals surface area (Å²) in [6, 6.07) is 2.53. The summed E-state index contributed by atoms with van der Waals surface area (Å²) in [7, 11) is 2.63. The van der Waals surface area contributed by atoms with Gasteiger partial charge in [-0.1, -0.05) is 0 Å². The lowest BCUT2D eigenvalue weighted by atomic mass is 10.1. The lowest BCUT2D eigenvalue weighted by Gasteiger charge is -2.10. The molecule has 0 N–H and O–H groups in total. The zero-order valence-corrected chi connectivity index (χ0v) is 10.8. The van der Waals surface area contributed by atoms with Gasteiger partial charge in [-0.3, -0.25) is 19.5 Å². The van der Waals surface area contributed by atoms with E-state index >= 15 is 0 Å². The lowest BCUT2D eigenvalue weighted by molar-refractivity contribution is -0.385. The first kappa shape index (κ1) is 13.5. The Morgan fingerprint density at radius 2 is 2.10 bits per heavy atom. The van der Waals surface area contributed by atoms with Crippen molar-refractivity contribution in [1.82, 2.24) is 9.55 Å². The van der Waals surface area contributed by atoms with Crippen LogP contribution in [0.3, 0.4) is 0 Å². The van der Waals surface area contributed by atoms with Crippen LogP contribution in [0.1, 0.15) is 10.4 Å². The van der Waals surface area contributed by atoms with Gasteiger partial charge < -0.3 is 9.47 Å². The van der Waals surface area contributed by atoms with Crippen LogP contribution in [0.2, 0.25) is 0 Å². The van der Waals surface area contributed by atoms with Crippen LogP contribution in [-0.4, -0.2) is 34.6 Å². The predicted molar refractivity (Wildman–Crippen MR) is 68.2 cm³/mol. The Hall–Kier alpha value is -2.90. The number of rotatable bonds is 4. The number of benzene rings is 1. The molecule has 8 heteroatoms. The van der Waals surface area contributed by atoms with E-state index in [-0.39, 0.29) is 22.7 Å². The topological polar surface area (TPSA) is 96.5 Å². The Balaban J connectivity index is 2.58. The van der Waals surface area contributed by atoms with Crippen LogP contribution in [-0.2, 0) is 0 Å². The van der Waals surface area contributed by atoms with Gasteiger partial charge in [-0.05, 0) is 6.07 Å². The van der Waals surface area contributed by atoms with Crippen LogP contribution in [0, 0.1) is 10.1 Å². The van der Waals surface area contributed by atoms with Gasteiger partial charge >= 0.3 is 5.69 Å². The standard InChI is InChI=1S/C12H11N3O5/c1-19-10-6-8(12(16)14-4-3-13-7-14)5-9(15(17)18)11(10)20-2/h3-7H,1-2H3. The van der Waals surface area contributed by atoms with Gasteiger partial charge in [-0.25, -0.2) is 4.98 Å². The Kier molecular flexibility index (Phi) is 3.65. The average Bonchev–Trinajstić information content (AvgIpc) is 2.98. The molecule has 20 heavy (non-hydrogen) atoms. The smallest absolute Gasteiger partial charge is 0.315 e. The summed E-state index contributed by atoms with van der Waals surface area (Å²) in [5.74, 6) is -0.364. The number of nitro benzene ring substituents is 1. The normalized spacial score (nSPS) is 10.1. The molecule has 0 aliphatic rings. The van der Waals surface area contributed by atoms with Gasteiger partial charge in [0, 0.05) is 18.5 Å². The monoisotopic (exact) mass is 277 g/mol. The number of hydrogen-bond acceptors (Lipinski definition) is 6. The molecule has 0 unspecified atom stereocenters. The number of carbonyl (C=O) groups excluding carboxylic acids is 1. The Morgan fingerprint density at radius 3 is 2.60 bits per heavy atom. The highest BCUT2D eigenvalue weighted by Crippen LogP contribution is 2.38. The van der Waals surface area contributed by atoms with Crippen LogP contribution in [0.4, 0.5) is 5.69 Å². The minimum Gasteiger partial charge on any atom is -0.493 e. The van der Waals surface area contributed by atoms with Crippen LogP contribution < -0.4 is 9.47 Å². The SMILES string of the molecule is COc1cc(C(=O)n2ccnc2)cc([N+](=O)[O-])c1OC. The third-order valence-electron chi connectivity index (χ3n) is 2.64. The molecule has 8 nitrogen and oxygen atoms in total. The maximum absolute atomic E-state index is 12.2. The number of hydrogen-bond donors (Lipinski definition) is 0. The molecule has 0 aliphatic carbocycles. The quantitative estimate of drug-likeness (QED) is 0.620. The van der Waals surface area contributed by atoms with Gasteiger partial charge in [0.2, 0.25) is 5.75 Å². The zero-order valence-electron chi connectivity index (χ0n) is 10.8. The molecule has 0 radical (unpaired) electrons. The second kappa shape index (κ2) is 5.39. The minimum absolute atomic E-state index is 0.0281. The van der Waals surface area contributed by atoms with Gasteiger partial charge in [0.25, 0.3) is 5.91 Å². The van der Waals surface area contributed by atoms with Crippen molar-refractivity contribution in [3.05, 3.63) is 46.5 Å². The summed E-state index contributed by atoms with van der Waals surface area (Å²) in [5, 5.41) is 11.0. The van der Waals surface area contributed by atoms with E-state index < -0.39 is 10.8 Å². The fourth-order valence-corrected chi connectivity index (χ4v) is 1.73. The zero-order chi connectivity index (χ0) is 14.7. The third-order valence-corrected chi connectivity index (χ3v) is 2.64. The van der Waals surface area contributed by atoms with Crippen LogP contribution in [0.15, 0.2) is 30.9 Å². The maximum Gasteiger partial charge on any atom is 0.315 e. The van der Waals surface area contributed by atoms with E-state index in [4.69, 9.17) is 9.47 Å². The molecule has 0 spiro atoms. The minimum atomic E-state index is -0.633. The number of imidazole rings is 1. The molecule has 2 rings (SSSR count). The van der Waals surface area contributed by atoms with Crippen molar-refractivity contribution in [3.8, 4) is 11.5 Å². The van der Waals surface area contributed by atoms with Gasteiger partial charge in [0.1, 0.15) is 6.33 Å². The summed E-state index contributed by atoms with van der Waals surface area (Å²) >= 11 is 0. The molecular weight excluding hydrogens is 266 g/mol. The van der Waals surface area contributed by atoms with Gasteiger partial charge in [-0.2, -0.15) is 0 Å². The van der Waals surface area contributed by atoms with E-state index in [1.54, 1.807) is 0 Å². The number of nitro groups is 1. The molecule has 0 saturated heterocycles. The van der Waals surface area contributed by atoms with Crippen molar-refractivity contribution in [1.29, 1.82) is 0 Å². The fourth-order valence-electron chi connectivity index (χ4n) is 1.73. The van der Waals surface area contributed by atoms with E-state index in [1.807, 2.05) is 0 Å². The van der Waals surface area contributed by atoms with Crippen molar-refractivity contribution in [2.75, 3.05) is 14.2 Å². The van der Waals surface area contributed by atoms with Crippen molar-refractivity contribution in [2.24, 2.45) is 0 Å². The highest BCUT2D eigenvalue weighted by molar-refractivity contribution is 5.97. The van der Waals surface area contributed by atoms with Crippen molar-refractivity contribution in [2.45, 2.75) is 0 Å². The Labute approximate surface area is 113 Å². The highest BCUT2D eigenvalue weighted by Gasteiger charge is 2.24. The lowest BCUT2D eigenvalue weighted by Crippen LogP contribution is -2.11. The molecular formula is C12H11N3O5. The van der Waals surface area contributed by atoms with Gasteiger partial charge in [0.15, 0.2) is 5.75 Å². The number of ether oxygens (including phenoxy) is 2. The van der Waals surface area contributed by atoms with E-state index in [0.717, 1.165) is 6.07 Å². The van der Waals surface area contributed by atoms with Crippen LogP contribution >= 0.6 is 0 Å². The predicted octanol–water partition coefficient (Wildman–Crippen LogP) is 1.50. The molecule has 0 bridgehead atoms. The molecule has 0 fully saturated rings. The molecule has 0 atom stereocenters. The van der Waals surface area contributed by atoms with Crippen LogP contribution in [0.5, 0.6) is 11.5 Å². The second-order valence-corrected chi connectivity index (χ2v) is 3.76. The number of aromatic nitrogens is 2. The maximum atomic E-state index is 12.2. The third kappa shape index (κ3) is 2.30. The Bertz CT molecular complexity index is 651. The molecule has 0 aliphatic heterocycles. The molecule has 0 amide bonds. The van der Waals surface area contributed by atoms with E-state index in [9.17, 15) is 14.9 Å². The fraction of sp³-hybridized carbons (Fsp3) is 0.167. The van der Waals surface area contributed by atoms with E-state index in [0.29, 0.717) is 0 Å². The molecule has 1 aromatic carbocycles. The first-order valence-electron chi connectivity index (χ1n) is 5.51. The molecule has 104 valence electrons. The summed E-state index contributed by atoms with van der Waals surface area (Å²) < 4.78 is 11.2. The highest BCUT2D eigenvalue weighted by atomic mass is 16.6. The van der Waals surface area contributed by atoms with Crippen LogP contribution in [0.25, 0.3) is 0 Å². The number of carbonyl (C=O) groups is 1. The summed E-state index contributed by atoms with van der Waals surface area (Å²) in [4.78, 5) is 26.3. The first-order valence-corrected chi connectivity index (χ1v) is 5.51. The van der Waals surface area contributed by atoms with Gasteiger partial charge in [0.05, 0.1) is 24.7 Å². The number of methoxy groups -OCH3 is 2. The molecule has 1 heterocycles. The second-order valence-electron chi connectivity index (χ2n) is 3.76. The van der Waals surface area contributed by atoms with Crippen molar-refractivity contribution >= 4 is 11.6 Å². The van der Waals surface area contributed by atoms with Crippen molar-refractivity contribution in [3.63, 3.8) is 0 Å².